The predicted octanol–water partition coefficient (Wildman–Crippen LogP) is 0.513. The molecule has 0 saturated carbocycles. The smallest absolute Gasteiger partial charge is 0.432 e. The molecule has 2 heterocycles. The zero-order valence-corrected chi connectivity index (χ0v) is 14.5. The van der Waals surface area contributed by atoms with E-state index in [0.29, 0.717) is 5.56 Å². The van der Waals surface area contributed by atoms with E-state index in [2.05, 4.69) is 15.0 Å². The van der Waals surface area contributed by atoms with E-state index in [9.17, 15) is 14.4 Å². The number of aromatic nitrogens is 2. The summed E-state index contributed by atoms with van der Waals surface area (Å²) in [5.74, 6) is 0. The fourth-order valence-corrected chi connectivity index (χ4v) is 2.47. The van der Waals surface area contributed by atoms with E-state index in [1.165, 1.54) is 29.8 Å². The number of carbonyl (C=O) groups excluding carboxylic acids is 1. The summed E-state index contributed by atoms with van der Waals surface area (Å²) >= 11 is 0. The van der Waals surface area contributed by atoms with Crippen LogP contribution in [0.25, 0.3) is 10.4 Å². The quantitative estimate of drug-likeness (QED) is 0.228. The van der Waals surface area contributed by atoms with E-state index in [4.69, 9.17) is 24.8 Å². The third-order valence-corrected chi connectivity index (χ3v) is 3.80. The first kappa shape index (κ1) is 20.2. The van der Waals surface area contributed by atoms with Gasteiger partial charge in [-0.3, -0.25) is 14.3 Å². The molecule has 1 aliphatic heterocycles. The van der Waals surface area contributed by atoms with Crippen LogP contribution in [-0.4, -0.2) is 52.8 Å². The first-order chi connectivity index (χ1) is 13.0. The van der Waals surface area contributed by atoms with Crippen LogP contribution in [-0.2, 0) is 14.2 Å². The third kappa shape index (κ3) is 5.45. The van der Waals surface area contributed by atoms with Gasteiger partial charge in [0.2, 0.25) is 0 Å². The van der Waals surface area contributed by atoms with Crippen molar-refractivity contribution in [3.63, 3.8) is 0 Å². The summed E-state index contributed by atoms with van der Waals surface area (Å²) in [6.07, 6.45) is 1.82. The van der Waals surface area contributed by atoms with Crippen LogP contribution in [0.2, 0.25) is 0 Å². The SMILES string of the molecule is Cc1cn([C@H]2C[C@H](N=[N+]=[N-])[C@@H](COC(=O)OC/C=C\CO)O2)c(=O)[nH]c1=O. The second kappa shape index (κ2) is 9.57. The van der Waals surface area contributed by atoms with Gasteiger partial charge in [-0.15, -0.1) is 0 Å². The summed E-state index contributed by atoms with van der Waals surface area (Å²) in [4.78, 5) is 39.9. The van der Waals surface area contributed by atoms with Crippen molar-refractivity contribution in [2.75, 3.05) is 19.8 Å². The molecule has 0 bridgehead atoms. The van der Waals surface area contributed by atoms with Crippen molar-refractivity contribution < 1.29 is 24.1 Å². The Kier molecular flexibility index (Phi) is 7.17. The van der Waals surface area contributed by atoms with E-state index >= 15 is 0 Å². The molecule has 12 heteroatoms. The molecule has 146 valence electrons. The molecular weight excluding hydrogens is 362 g/mol. The molecule has 2 N–H and O–H groups in total. The number of azide groups is 1. The monoisotopic (exact) mass is 381 g/mol. The number of hydrogen-bond donors (Lipinski definition) is 2. The molecule has 0 aromatic carbocycles. The Labute approximate surface area is 152 Å². The maximum Gasteiger partial charge on any atom is 0.508 e. The standard InChI is InChI=1S/C15H19N5O7/c1-9-7-20(14(23)17-13(9)22)12-6-10(18-19-16)11(27-12)8-26-15(24)25-5-3-2-4-21/h2-3,7,10-12,21H,4-6,8H2,1H3,(H,17,22,23)/b3-2-/t10-,11+,12+/m0/s1. The van der Waals surface area contributed by atoms with E-state index in [1.807, 2.05) is 0 Å². The molecule has 1 saturated heterocycles. The zero-order valence-electron chi connectivity index (χ0n) is 14.5. The van der Waals surface area contributed by atoms with Gasteiger partial charge < -0.3 is 19.3 Å². The fraction of sp³-hybridized carbons (Fsp3) is 0.533. The van der Waals surface area contributed by atoms with Crippen molar-refractivity contribution in [3.8, 4) is 0 Å². The average molecular weight is 381 g/mol. The summed E-state index contributed by atoms with van der Waals surface area (Å²) in [6, 6.07) is -0.679. The maximum atomic E-state index is 12.0. The lowest BCUT2D eigenvalue weighted by Gasteiger charge is -2.16. The topological polar surface area (TPSA) is 169 Å². The lowest BCUT2D eigenvalue weighted by Crippen LogP contribution is -2.33. The molecule has 1 aromatic rings. The number of carbonyl (C=O) groups is 1. The number of aromatic amines is 1. The molecule has 0 spiro atoms. The van der Waals surface area contributed by atoms with Crippen molar-refractivity contribution in [1.29, 1.82) is 0 Å². The molecular formula is C15H19N5O7. The number of nitrogens with zero attached hydrogens (tertiary/aromatic N) is 4. The first-order valence-electron chi connectivity index (χ1n) is 8.03. The highest BCUT2D eigenvalue weighted by molar-refractivity contribution is 5.60. The van der Waals surface area contributed by atoms with Crippen LogP contribution >= 0.6 is 0 Å². The van der Waals surface area contributed by atoms with Crippen LogP contribution in [0.15, 0.2) is 33.1 Å². The fourth-order valence-electron chi connectivity index (χ4n) is 2.47. The predicted molar refractivity (Wildman–Crippen MR) is 91.0 cm³/mol. The first-order valence-corrected chi connectivity index (χ1v) is 8.03. The van der Waals surface area contributed by atoms with Crippen molar-refractivity contribution >= 4 is 6.16 Å². The van der Waals surface area contributed by atoms with Crippen LogP contribution in [0.1, 0.15) is 18.2 Å². The molecule has 12 nitrogen and oxygen atoms in total. The van der Waals surface area contributed by atoms with Crippen molar-refractivity contribution in [2.45, 2.75) is 31.7 Å². The summed E-state index contributed by atoms with van der Waals surface area (Å²) in [6.45, 7) is 1.04. The summed E-state index contributed by atoms with van der Waals surface area (Å²) < 4.78 is 16.5. The average Bonchev–Trinajstić information content (AvgIpc) is 3.03. The second-order valence-corrected chi connectivity index (χ2v) is 5.64. The van der Waals surface area contributed by atoms with Gasteiger partial charge in [0.1, 0.15) is 25.5 Å². The third-order valence-electron chi connectivity index (χ3n) is 3.80. The Morgan fingerprint density at radius 3 is 3.00 bits per heavy atom. The Balaban J connectivity index is 2.02. The van der Waals surface area contributed by atoms with Crippen molar-refractivity contribution in [2.24, 2.45) is 5.11 Å². The Hall–Kier alpha value is -3.08. The number of aliphatic hydroxyl groups excluding tert-OH is 1. The minimum absolute atomic E-state index is 0.0701. The number of aliphatic hydroxyl groups is 1. The van der Waals surface area contributed by atoms with Crippen molar-refractivity contribution in [1.82, 2.24) is 9.55 Å². The Morgan fingerprint density at radius 2 is 2.30 bits per heavy atom. The number of ether oxygens (including phenoxy) is 3. The minimum atomic E-state index is -0.957. The maximum absolute atomic E-state index is 12.0. The minimum Gasteiger partial charge on any atom is -0.432 e. The summed E-state index contributed by atoms with van der Waals surface area (Å²) in [5.41, 5.74) is 7.86. The van der Waals surface area contributed by atoms with Gasteiger partial charge in [0, 0.05) is 23.1 Å². The highest BCUT2D eigenvalue weighted by atomic mass is 16.7. The van der Waals surface area contributed by atoms with E-state index in [1.54, 1.807) is 0 Å². The van der Waals surface area contributed by atoms with E-state index in [-0.39, 0.29) is 26.2 Å². The van der Waals surface area contributed by atoms with Gasteiger partial charge in [-0.2, -0.15) is 0 Å². The van der Waals surface area contributed by atoms with Crippen LogP contribution in [0.5, 0.6) is 0 Å². The Morgan fingerprint density at radius 1 is 1.52 bits per heavy atom. The van der Waals surface area contributed by atoms with Gasteiger partial charge >= 0.3 is 11.8 Å². The molecule has 27 heavy (non-hydrogen) atoms. The largest absolute Gasteiger partial charge is 0.508 e. The number of rotatable bonds is 7. The highest BCUT2D eigenvalue weighted by Gasteiger charge is 2.37. The number of hydrogen-bond acceptors (Lipinski definition) is 8. The molecule has 0 unspecified atom stereocenters. The normalized spacial score (nSPS) is 21.8. The van der Waals surface area contributed by atoms with Crippen LogP contribution in [0.4, 0.5) is 4.79 Å². The van der Waals surface area contributed by atoms with E-state index in [0.717, 1.165) is 0 Å². The lowest BCUT2D eigenvalue weighted by molar-refractivity contribution is -0.0410. The molecule has 0 aliphatic carbocycles. The van der Waals surface area contributed by atoms with Crippen molar-refractivity contribution in [3.05, 3.63) is 55.2 Å². The van der Waals surface area contributed by atoms with Gasteiger partial charge in [0.25, 0.3) is 5.56 Å². The summed E-state index contributed by atoms with van der Waals surface area (Å²) in [5, 5.41) is 12.2. The van der Waals surface area contributed by atoms with Crippen LogP contribution in [0.3, 0.4) is 0 Å². The summed E-state index contributed by atoms with van der Waals surface area (Å²) in [7, 11) is 0. The molecule has 0 radical (unpaired) electrons. The van der Waals surface area contributed by atoms with Crippen LogP contribution < -0.4 is 11.2 Å². The molecule has 1 aromatic heterocycles. The highest BCUT2D eigenvalue weighted by Crippen LogP contribution is 2.30. The second-order valence-electron chi connectivity index (χ2n) is 5.64. The molecule has 2 rings (SSSR count). The van der Waals surface area contributed by atoms with Gasteiger partial charge in [-0.25, -0.2) is 9.59 Å². The Bertz CT molecular complexity index is 855. The van der Waals surface area contributed by atoms with Gasteiger partial charge in [0.05, 0.1) is 12.6 Å². The molecule has 1 fully saturated rings. The number of H-pyrrole nitrogens is 1. The van der Waals surface area contributed by atoms with Gasteiger partial charge in [-0.1, -0.05) is 11.2 Å². The van der Waals surface area contributed by atoms with Gasteiger partial charge in [-0.05, 0) is 18.5 Å². The molecule has 1 aliphatic rings. The molecule has 3 atom stereocenters. The number of aryl methyl sites for hydroxylation is 1. The van der Waals surface area contributed by atoms with E-state index < -0.39 is 35.8 Å². The zero-order chi connectivity index (χ0) is 19.8. The van der Waals surface area contributed by atoms with Gasteiger partial charge in [0.15, 0.2) is 0 Å². The number of nitrogens with one attached hydrogen (secondary N) is 1. The molecule has 0 amide bonds. The lowest BCUT2D eigenvalue weighted by atomic mass is 10.1. The van der Waals surface area contributed by atoms with Crippen LogP contribution in [0, 0.1) is 6.92 Å².